The van der Waals surface area contributed by atoms with E-state index in [0.717, 1.165) is 17.1 Å². The molecule has 0 bridgehead atoms. The van der Waals surface area contributed by atoms with Crippen molar-refractivity contribution >= 4 is 0 Å². The number of rotatable bonds is 2. The number of hydrogen-bond acceptors (Lipinski definition) is 1. The molecule has 0 aliphatic carbocycles. The van der Waals surface area contributed by atoms with Gasteiger partial charge in [0.25, 0.3) is 0 Å². The Morgan fingerprint density at radius 3 is 1.93 bits per heavy atom. The van der Waals surface area contributed by atoms with Crippen LogP contribution >= 0.6 is 0 Å². The summed E-state index contributed by atoms with van der Waals surface area (Å²) in [6.45, 7) is 5.56. The van der Waals surface area contributed by atoms with Gasteiger partial charge in [0.2, 0.25) is 0 Å². The molecule has 14 heavy (non-hydrogen) atoms. The third-order valence-corrected chi connectivity index (χ3v) is 1.86. The third kappa shape index (κ3) is 2.13. The number of ether oxygens (including phenoxy) is 1. The Bertz CT molecular complexity index is 389. The molecule has 0 amide bonds. The lowest BCUT2D eigenvalue weighted by Crippen LogP contribution is -1.82. The molecular formula is C13H10O. The van der Waals surface area contributed by atoms with E-state index in [1.807, 2.05) is 54.6 Å². The van der Waals surface area contributed by atoms with Crippen molar-refractivity contribution in [1.29, 1.82) is 0 Å². The molecule has 1 nitrogen and oxygen atoms in total. The van der Waals surface area contributed by atoms with Gasteiger partial charge in [-0.2, -0.15) is 0 Å². The van der Waals surface area contributed by atoms with Gasteiger partial charge < -0.3 is 4.74 Å². The number of benzene rings is 2. The van der Waals surface area contributed by atoms with E-state index < -0.39 is 0 Å². The lowest BCUT2D eigenvalue weighted by Gasteiger charge is -2.04. The largest absolute Gasteiger partial charge is 0.457 e. The van der Waals surface area contributed by atoms with E-state index in [9.17, 15) is 0 Å². The molecule has 0 saturated heterocycles. The van der Waals surface area contributed by atoms with Crippen molar-refractivity contribution in [2.24, 2.45) is 0 Å². The van der Waals surface area contributed by atoms with Crippen molar-refractivity contribution in [3.63, 3.8) is 0 Å². The van der Waals surface area contributed by atoms with Gasteiger partial charge in [-0.25, -0.2) is 0 Å². The minimum absolute atomic E-state index is 0.741. The molecule has 0 heterocycles. The van der Waals surface area contributed by atoms with Crippen LogP contribution in [0, 0.1) is 6.92 Å². The van der Waals surface area contributed by atoms with Crippen LogP contribution in [0.1, 0.15) is 5.56 Å². The van der Waals surface area contributed by atoms with Gasteiger partial charge in [-0.05, 0) is 36.8 Å². The predicted molar refractivity (Wildman–Crippen MR) is 56.4 cm³/mol. The van der Waals surface area contributed by atoms with Gasteiger partial charge in [0.1, 0.15) is 11.5 Å². The number of para-hydroxylation sites is 1. The Hall–Kier alpha value is -1.76. The lowest BCUT2D eigenvalue weighted by atomic mass is 10.2. The Morgan fingerprint density at radius 1 is 0.714 bits per heavy atom. The first-order valence-electron chi connectivity index (χ1n) is 4.43. The first-order valence-corrected chi connectivity index (χ1v) is 4.43. The van der Waals surface area contributed by atoms with Crippen LogP contribution in [-0.4, -0.2) is 0 Å². The Labute approximate surface area is 84.0 Å². The van der Waals surface area contributed by atoms with Gasteiger partial charge in [-0.3, -0.25) is 0 Å². The summed E-state index contributed by atoms with van der Waals surface area (Å²) < 4.78 is 5.58. The number of hydrogen-bond donors (Lipinski definition) is 0. The summed E-state index contributed by atoms with van der Waals surface area (Å²) in [7, 11) is 0. The van der Waals surface area contributed by atoms with Crippen LogP contribution in [0.3, 0.4) is 0 Å². The molecule has 0 aliphatic heterocycles. The van der Waals surface area contributed by atoms with Crippen LogP contribution in [-0.2, 0) is 0 Å². The fourth-order valence-electron chi connectivity index (χ4n) is 1.16. The zero-order chi connectivity index (χ0) is 9.80. The summed E-state index contributed by atoms with van der Waals surface area (Å²) in [6.07, 6.45) is 0. The smallest absolute Gasteiger partial charge is 0.127 e. The average Bonchev–Trinajstić information content (AvgIpc) is 2.23. The van der Waals surface area contributed by atoms with Crippen molar-refractivity contribution in [1.82, 2.24) is 0 Å². The molecule has 2 radical (unpaired) electrons. The fourth-order valence-corrected chi connectivity index (χ4v) is 1.16. The Balaban J connectivity index is 2.16. The predicted octanol–water partition coefficient (Wildman–Crippen LogP) is 3.54. The van der Waals surface area contributed by atoms with Gasteiger partial charge in [0.15, 0.2) is 0 Å². The maximum atomic E-state index is 5.58. The summed E-state index contributed by atoms with van der Waals surface area (Å²) in [4.78, 5) is 0. The van der Waals surface area contributed by atoms with Crippen LogP contribution in [0.15, 0.2) is 54.6 Å². The minimum Gasteiger partial charge on any atom is -0.457 e. The molecule has 0 saturated carbocycles. The van der Waals surface area contributed by atoms with Crippen LogP contribution in [0.5, 0.6) is 11.5 Å². The summed E-state index contributed by atoms with van der Waals surface area (Å²) in [5.41, 5.74) is 0.741. The Kier molecular flexibility index (Phi) is 2.50. The van der Waals surface area contributed by atoms with E-state index in [4.69, 9.17) is 11.7 Å². The highest BCUT2D eigenvalue weighted by molar-refractivity contribution is 5.33. The van der Waals surface area contributed by atoms with Crippen molar-refractivity contribution in [2.75, 3.05) is 0 Å². The second-order valence-corrected chi connectivity index (χ2v) is 2.98. The topological polar surface area (TPSA) is 9.23 Å². The van der Waals surface area contributed by atoms with Crippen LogP contribution in [0.25, 0.3) is 0 Å². The van der Waals surface area contributed by atoms with E-state index in [2.05, 4.69) is 0 Å². The van der Waals surface area contributed by atoms with E-state index >= 15 is 0 Å². The van der Waals surface area contributed by atoms with E-state index in [1.54, 1.807) is 0 Å². The van der Waals surface area contributed by atoms with E-state index in [-0.39, 0.29) is 0 Å². The highest BCUT2D eigenvalue weighted by atomic mass is 16.5. The van der Waals surface area contributed by atoms with Crippen LogP contribution in [0.4, 0.5) is 0 Å². The van der Waals surface area contributed by atoms with Crippen molar-refractivity contribution in [3.8, 4) is 11.5 Å². The van der Waals surface area contributed by atoms with E-state index in [1.165, 1.54) is 0 Å². The quantitative estimate of drug-likeness (QED) is 0.690. The lowest BCUT2D eigenvalue weighted by molar-refractivity contribution is 0.482. The summed E-state index contributed by atoms with van der Waals surface area (Å²) in [5.74, 6) is 1.63. The third-order valence-electron chi connectivity index (χ3n) is 1.86. The maximum absolute atomic E-state index is 5.58. The summed E-state index contributed by atoms with van der Waals surface area (Å²) in [5, 5.41) is 0. The molecule has 2 rings (SSSR count). The highest BCUT2D eigenvalue weighted by Crippen LogP contribution is 2.20. The fraction of sp³-hybridized carbons (Fsp3) is 0. The molecule has 0 atom stereocenters. The Morgan fingerprint density at radius 2 is 1.29 bits per heavy atom. The van der Waals surface area contributed by atoms with Crippen LogP contribution < -0.4 is 4.74 Å². The zero-order valence-corrected chi connectivity index (χ0v) is 7.68. The monoisotopic (exact) mass is 182 g/mol. The normalized spacial score (nSPS) is 9.79. The highest BCUT2D eigenvalue weighted by Gasteiger charge is 1.94. The van der Waals surface area contributed by atoms with Crippen molar-refractivity contribution < 1.29 is 4.74 Å². The van der Waals surface area contributed by atoms with E-state index in [0.29, 0.717) is 0 Å². The van der Waals surface area contributed by atoms with Gasteiger partial charge in [0, 0.05) is 0 Å². The molecule has 0 spiro atoms. The molecular weight excluding hydrogens is 172 g/mol. The van der Waals surface area contributed by atoms with Gasteiger partial charge in [-0.1, -0.05) is 30.3 Å². The first-order chi connectivity index (χ1) is 6.84. The summed E-state index contributed by atoms with van der Waals surface area (Å²) >= 11 is 0. The van der Waals surface area contributed by atoms with Crippen LogP contribution in [0.2, 0.25) is 0 Å². The van der Waals surface area contributed by atoms with Gasteiger partial charge in [0.05, 0.1) is 0 Å². The van der Waals surface area contributed by atoms with Crippen molar-refractivity contribution in [3.05, 3.63) is 67.1 Å². The molecule has 1 heteroatoms. The molecule has 0 aliphatic rings. The molecule has 2 aromatic carbocycles. The second-order valence-electron chi connectivity index (χ2n) is 2.98. The molecule has 68 valence electrons. The average molecular weight is 182 g/mol. The molecule has 0 N–H and O–H groups in total. The summed E-state index contributed by atoms with van der Waals surface area (Å²) in [6, 6.07) is 17.0. The SMILES string of the molecule is [CH]c1ccc(Oc2ccccc2)cc1. The maximum Gasteiger partial charge on any atom is 0.127 e. The molecule has 0 fully saturated rings. The minimum atomic E-state index is 0.741. The molecule has 2 aromatic rings. The first kappa shape index (κ1) is 8.82. The van der Waals surface area contributed by atoms with Crippen molar-refractivity contribution in [2.45, 2.75) is 0 Å². The molecule has 0 aromatic heterocycles. The standard InChI is InChI=1S/C13H10O/c1-11-7-9-13(10-8-11)14-12-5-3-2-4-6-12/h1-10H. The zero-order valence-electron chi connectivity index (χ0n) is 7.68. The second kappa shape index (κ2) is 3.97. The molecule has 0 unspecified atom stereocenters. The van der Waals surface area contributed by atoms with Gasteiger partial charge >= 0.3 is 0 Å². The van der Waals surface area contributed by atoms with Gasteiger partial charge in [-0.15, -0.1) is 0 Å².